The second-order valence-corrected chi connectivity index (χ2v) is 2.28. The van der Waals surface area contributed by atoms with Gasteiger partial charge >= 0.3 is 5.97 Å². The average molecular weight is 173 g/mol. The van der Waals surface area contributed by atoms with Crippen LogP contribution in [-0.4, -0.2) is 18.4 Å². The molecule has 0 aliphatic rings. The molecule has 0 heterocycles. The first-order valence-corrected chi connectivity index (χ1v) is 3.68. The van der Waals surface area contributed by atoms with E-state index >= 15 is 0 Å². The van der Waals surface area contributed by atoms with Crippen LogP contribution in [0.1, 0.15) is 19.8 Å². The summed E-state index contributed by atoms with van der Waals surface area (Å²) in [5, 5.41) is 0. The van der Waals surface area contributed by atoms with Crippen LogP contribution in [0.3, 0.4) is 0 Å². The lowest BCUT2D eigenvalue weighted by Gasteiger charge is -2.09. The number of hydrogen-bond donors (Lipinski definition) is 1. The lowest BCUT2D eigenvalue weighted by Crippen LogP contribution is -2.32. The average Bonchev–Trinajstić information content (AvgIpc) is 2.03. The van der Waals surface area contributed by atoms with Gasteiger partial charge in [0, 0.05) is 6.42 Å². The Bertz CT molecular complexity index is 188. The maximum atomic E-state index is 12.6. The molecule has 3 nitrogen and oxygen atoms in total. The van der Waals surface area contributed by atoms with Crippen LogP contribution in [0.4, 0.5) is 4.39 Å². The van der Waals surface area contributed by atoms with Crippen LogP contribution in [-0.2, 0) is 9.53 Å². The van der Waals surface area contributed by atoms with Gasteiger partial charge in [-0.1, -0.05) is 12.8 Å². The van der Waals surface area contributed by atoms with Crippen molar-refractivity contribution in [1.29, 1.82) is 0 Å². The molecule has 0 rings (SSSR count). The molecule has 0 saturated heterocycles. The van der Waals surface area contributed by atoms with Crippen molar-refractivity contribution in [3.63, 3.8) is 0 Å². The van der Waals surface area contributed by atoms with E-state index in [0.29, 0.717) is 6.42 Å². The molecule has 0 fully saturated rings. The summed E-state index contributed by atoms with van der Waals surface area (Å²) in [4.78, 5) is 10.7. The zero-order valence-electron chi connectivity index (χ0n) is 6.92. The van der Waals surface area contributed by atoms with E-state index in [4.69, 9.17) is 12.2 Å². The van der Waals surface area contributed by atoms with Crippen LogP contribution < -0.4 is 5.73 Å². The minimum absolute atomic E-state index is 0.170. The normalized spacial score (nSPS) is 14.5. The van der Waals surface area contributed by atoms with Gasteiger partial charge in [-0.2, -0.15) is 0 Å². The highest BCUT2D eigenvalue weighted by atomic mass is 19.1. The summed E-state index contributed by atoms with van der Waals surface area (Å²) in [5.74, 6) is 1.06. The van der Waals surface area contributed by atoms with E-state index in [0.717, 1.165) is 0 Å². The van der Waals surface area contributed by atoms with E-state index < -0.39 is 18.4 Å². The second kappa shape index (κ2) is 5.56. The number of hydrogen-bond acceptors (Lipinski definition) is 3. The van der Waals surface area contributed by atoms with Crippen molar-refractivity contribution in [1.82, 2.24) is 0 Å². The summed E-state index contributed by atoms with van der Waals surface area (Å²) >= 11 is 0. The van der Waals surface area contributed by atoms with Crippen LogP contribution >= 0.6 is 0 Å². The minimum atomic E-state index is -1.60. The largest absolute Gasteiger partial charge is 0.429 e. The molecule has 0 amide bonds. The zero-order valence-corrected chi connectivity index (χ0v) is 6.92. The molecule has 0 saturated carbocycles. The van der Waals surface area contributed by atoms with Crippen LogP contribution in [0, 0.1) is 12.3 Å². The van der Waals surface area contributed by atoms with Gasteiger partial charge in [-0.3, -0.25) is 0 Å². The molecule has 0 spiro atoms. The fourth-order valence-corrected chi connectivity index (χ4v) is 0.553. The van der Waals surface area contributed by atoms with E-state index in [1.807, 2.05) is 5.92 Å². The third-order valence-corrected chi connectivity index (χ3v) is 1.19. The highest BCUT2D eigenvalue weighted by Crippen LogP contribution is 2.03. The Balaban J connectivity index is 3.77. The van der Waals surface area contributed by atoms with Crippen molar-refractivity contribution in [3.05, 3.63) is 0 Å². The van der Waals surface area contributed by atoms with E-state index in [9.17, 15) is 9.18 Å². The molecular weight excluding hydrogens is 161 g/mol. The Labute approximate surface area is 71.1 Å². The molecule has 2 atom stereocenters. The van der Waals surface area contributed by atoms with Gasteiger partial charge in [-0.05, 0) is 6.42 Å². The van der Waals surface area contributed by atoms with E-state index in [1.165, 1.54) is 0 Å². The summed E-state index contributed by atoms with van der Waals surface area (Å²) < 4.78 is 16.9. The van der Waals surface area contributed by atoms with Crippen molar-refractivity contribution < 1.29 is 13.9 Å². The van der Waals surface area contributed by atoms with Crippen molar-refractivity contribution in [2.75, 3.05) is 0 Å². The summed E-state index contributed by atoms with van der Waals surface area (Å²) in [7, 11) is 0. The van der Waals surface area contributed by atoms with Gasteiger partial charge in [-0.15, -0.1) is 6.42 Å². The first kappa shape index (κ1) is 10.9. The Hall–Kier alpha value is -1.08. The number of ether oxygens (including phenoxy) is 1. The molecule has 2 unspecified atom stereocenters. The number of rotatable bonds is 4. The first-order valence-electron chi connectivity index (χ1n) is 3.68. The van der Waals surface area contributed by atoms with Crippen LogP contribution in [0.15, 0.2) is 0 Å². The molecule has 68 valence electrons. The predicted molar refractivity (Wildman–Crippen MR) is 42.7 cm³/mol. The number of carbonyl (C=O) groups is 1. The molecule has 0 aromatic heterocycles. The van der Waals surface area contributed by atoms with E-state index in [2.05, 4.69) is 4.74 Å². The lowest BCUT2D eigenvalue weighted by molar-refractivity contribution is -0.158. The number of alkyl halides is 1. The van der Waals surface area contributed by atoms with Gasteiger partial charge in [-0.25, -0.2) is 9.18 Å². The quantitative estimate of drug-likeness (QED) is 0.500. The Kier molecular flexibility index (Phi) is 5.06. The molecule has 0 bridgehead atoms. The molecule has 4 heteroatoms. The van der Waals surface area contributed by atoms with Crippen LogP contribution in [0.5, 0.6) is 0 Å². The van der Waals surface area contributed by atoms with Crippen LogP contribution in [0.25, 0.3) is 0 Å². The van der Waals surface area contributed by atoms with Crippen molar-refractivity contribution >= 4 is 5.97 Å². The molecule has 2 N–H and O–H groups in total. The standard InChI is InChI=1S/C8H12FNO2/c1-3-5-7(9)12-8(11)6(10)4-2/h2,6-7H,3,5,10H2,1H3. The van der Waals surface area contributed by atoms with Gasteiger partial charge in [0.25, 0.3) is 0 Å². The van der Waals surface area contributed by atoms with Crippen molar-refractivity contribution in [2.24, 2.45) is 5.73 Å². The Morgan fingerprint density at radius 1 is 1.83 bits per heavy atom. The zero-order chi connectivity index (χ0) is 9.56. The molecule has 0 aliphatic carbocycles. The highest BCUT2D eigenvalue weighted by Gasteiger charge is 2.16. The summed E-state index contributed by atoms with van der Waals surface area (Å²) in [6.45, 7) is 1.78. The molecule has 0 aromatic rings. The van der Waals surface area contributed by atoms with Gasteiger partial charge in [0.2, 0.25) is 6.36 Å². The van der Waals surface area contributed by atoms with Gasteiger partial charge in [0.1, 0.15) is 0 Å². The van der Waals surface area contributed by atoms with Crippen molar-refractivity contribution in [2.45, 2.75) is 32.2 Å². The number of esters is 1. The number of carbonyl (C=O) groups excluding carboxylic acids is 1. The third kappa shape index (κ3) is 3.94. The molecule has 0 aromatic carbocycles. The summed E-state index contributed by atoms with van der Waals surface area (Å²) in [6.07, 6.45) is 4.00. The fraction of sp³-hybridized carbons (Fsp3) is 0.625. The third-order valence-electron chi connectivity index (χ3n) is 1.19. The van der Waals surface area contributed by atoms with E-state index in [-0.39, 0.29) is 6.42 Å². The molecule has 0 radical (unpaired) electrons. The maximum Gasteiger partial charge on any atom is 0.338 e. The number of halogens is 1. The predicted octanol–water partition coefficient (Wildman–Crippen LogP) is 0.586. The maximum absolute atomic E-state index is 12.6. The van der Waals surface area contributed by atoms with Gasteiger partial charge in [0.15, 0.2) is 6.04 Å². The van der Waals surface area contributed by atoms with Crippen LogP contribution in [0.2, 0.25) is 0 Å². The SMILES string of the molecule is C#CC(N)C(=O)OC(F)CCC. The highest BCUT2D eigenvalue weighted by molar-refractivity contribution is 5.79. The van der Waals surface area contributed by atoms with Gasteiger partial charge < -0.3 is 10.5 Å². The second-order valence-electron chi connectivity index (χ2n) is 2.28. The monoisotopic (exact) mass is 173 g/mol. The van der Waals surface area contributed by atoms with E-state index in [1.54, 1.807) is 6.92 Å². The van der Waals surface area contributed by atoms with Gasteiger partial charge in [0.05, 0.1) is 0 Å². The number of nitrogens with two attached hydrogens (primary N) is 1. The first-order chi connectivity index (χ1) is 5.61. The summed E-state index contributed by atoms with van der Waals surface area (Å²) in [6, 6.07) is -1.17. The fourth-order valence-electron chi connectivity index (χ4n) is 0.553. The topological polar surface area (TPSA) is 52.3 Å². The summed E-state index contributed by atoms with van der Waals surface area (Å²) in [5.41, 5.74) is 5.08. The Morgan fingerprint density at radius 3 is 2.83 bits per heavy atom. The molecule has 0 aliphatic heterocycles. The Morgan fingerprint density at radius 2 is 2.42 bits per heavy atom. The lowest BCUT2D eigenvalue weighted by atomic mass is 10.3. The smallest absolute Gasteiger partial charge is 0.338 e. The van der Waals surface area contributed by atoms with Crippen molar-refractivity contribution in [3.8, 4) is 12.3 Å². The number of terminal acetylenes is 1. The molecule has 12 heavy (non-hydrogen) atoms. The molecular formula is C8H12FNO2. The minimum Gasteiger partial charge on any atom is -0.429 e.